The highest BCUT2D eigenvalue weighted by Crippen LogP contribution is 2.39. The summed E-state index contributed by atoms with van der Waals surface area (Å²) >= 11 is 0. The van der Waals surface area contributed by atoms with Crippen LogP contribution in [0.25, 0.3) is 0 Å². The molecule has 0 aromatic carbocycles. The van der Waals surface area contributed by atoms with Gasteiger partial charge in [-0.15, -0.1) is 0 Å². The van der Waals surface area contributed by atoms with Crippen LogP contribution in [-0.2, 0) is 14.3 Å². The molecule has 1 rings (SSSR count). The molecule has 0 amide bonds. The van der Waals surface area contributed by atoms with Crippen LogP contribution in [0.3, 0.4) is 0 Å². The molecule has 0 aromatic heterocycles. The Morgan fingerprint density at radius 1 is 1.44 bits per heavy atom. The quantitative estimate of drug-likeness (QED) is 0.536. The number of ketones is 1. The van der Waals surface area contributed by atoms with Gasteiger partial charge in [-0.25, -0.2) is 0 Å². The van der Waals surface area contributed by atoms with Crippen molar-refractivity contribution in [2.75, 3.05) is 7.11 Å². The van der Waals surface area contributed by atoms with E-state index in [1.54, 1.807) is 27.7 Å². The number of rotatable bonds is 1. The minimum absolute atomic E-state index is 0.132. The van der Waals surface area contributed by atoms with Gasteiger partial charge < -0.3 is 9.94 Å². The molecule has 0 aromatic rings. The first kappa shape index (κ1) is 13.1. The van der Waals surface area contributed by atoms with Crippen LogP contribution >= 0.6 is 0 Å². The zero-order chi connectivity index (χ0) is 12.7. The number of Topliss-reactive ketones (excluding diaryl/α,β-unsaturated/α-hetero) is 1. The van der Waals surface area contributed by atoms with E-state index in [0.717, 1.165) is 5.06 Å². The van der Waals surface area contributed by atoms with Crippen LogP contribution in [0.1, 0.15) is 34.1 Å². The third-order valence-electron chi connectivity index (χ3n) is 3.19. The van der Waals surface area contributed by atoms with Gasteiger partial charge in [-0.2, -0.15) is 5.06 Å². The van der Waals surface area contributed by atoms with E-state index in [4.69, 9.17) is 0 Å². The number of hydrogen-bond acceptors (Lipinski definition) is 5. The van der Waals surface area contributed by atoms with Gasteiger partial charge >= 0.3 is 5.97 Å². The Morgan fingerprint density at radius 2 is 1.94 bits per heavy atom. The molecule has 16 heavy (non-hydrogen) atoms. The van der Waals surface area contributed by atoms with Gasteiger partial charge in [0.15, 0.2) is 5.78 Å². The fourth-order valence-electron chi connectivity index (χ4n) is 2.44. The largest absolute Gasteiger partial charge is 0.468 e. The van der Waals surface area contributed by atoms with Crippen LogP contribution in [0, 0.1) is 5.92 Å². The molecule has 1 saturated heterocycles. The molecule has 1 heterocycles. The number of carbonyl (C=O) groups excluding carboxylic acids is 2. The average molecular weight is 229 g/mol. The lowest BCUT2D eigenvalue weighted by Gasteiger charge is -2.50. The summed E-state index contributed by atoms with van der Waals surface area (Å²) in [5.41, 5.74) is -1.61. The van der Waals surface area contributed by atoms with Crippen LogP contribution in [0.4, 0.5) is 0 Å². The molecule has 1 fully saturated rings. The van der Waals surface area contributed by atoms with E-state index in [0.29, 0.717) is 0 Å². The van der Waals surface area contributed by atoms with Crippen LogP contribution < -0.4 is 0 Å². The standard InChI is InChI=1S/C11H19NO4/c1-10(2)6-7(13)8(9(14)16-5)11(3,4)12(10)15/h8,15H,6H2,1-5H3/t8-/m1/s1. The lowest BCUT2D eigenvalue weighted by molar-refractivity contribution is -0.251. The number of carbonyl (C=O) groups is 2. The maximum Gasteiger partial charge on any atom is 0.318 e. The second kappa shape index (κ2) is 3.82. The van der Waals surface area contributed by atoms with E-state index >= 15 is 0 Å². The molecule has 5 nitrogen and oxygen atoms in total. The maximum absolute atomic E-state index is 11.9. The molecule has 0 radical (unpaired) electrons. The Kier molecular flexibility index (Phi) is 3.13. The van der Waals surface area contributed by atoms with E-state index < -0.39 is 23.0 Å². The minimum Gasteiger partial charge on any atom is -0.468 e. The van der Waals surface area contributed by atoms with Crippen LogP contribution in [0.15, 0.2) is 0 Å². The molecule has 1 N–H and O–H groups in total. The van der Waals surface area contributed by atoms with Gasteiger partial charge in [0.25, 0.3) is 0 Å². The predicted octanol–water partition coefficient (Wildman–Crippen LogP) is 0.997. The van der Waals surface area contributed by atoms with Gasteiger partial charge in [0.2, 0.25) is 0 Å². The second-order valence-corrected chi connectivity index (χ2v) is 5.38. The van der Waals surface area contributed by atoms with Crippen LogP contribution in [-0.4, -0.2) is 40.2 Å². The second-order valence-electron chi connectivity index (χ2n) is 5.38. The third kappa shape index (κ3) is 1.85. The molecule has 0 bridgehead atoms. The Hall–Kier alpha value is -0.940. The van der Waals surface area contributed by atoms with Gasteiger partial charge in [-0.1, -0.05) is 0 Å². The first-order chi connectivity index (χ1) is 7.14. The van der Waals surface area contributed by atoms with E-state index in [1.165, 1.54) is 7.11 Å². The summed E-state index contributed by atoms with van der Waals surface area (Å²) in [6.07, 6.45) is 0.132. The molecule has 1 aliphatic rings. The number of nitrogens with zero attached hydrogens (tertiary/aromatic N) is 1. The van der Waals surface area contributed by atoms with Crippen molar-refractivity contribution in [2.24, 2.45) is 5.92 Å². The van der Waals surface area contributed by atoms with E-state index in [1.807, 2.05) is 0 Å². The minimum atomic E-state index is -0.952. The molecule has 92 valence electrons. The highest BCUT2D eigenvalue weighted by Gasteiger charge is 2.54. The summed E-state index contributed by atoms with van der Waals surface area (Å²) in [6, 6.07) is 0. The zero-order valence-corrected chi connectivity index (χ0v) is 10.4. The van der Waals surface area contributed by atoms with Crippen molar-refractivity contribution in [3.63, 3.8) is 0 Å². The summed E-state index contributed by atoms with van der Waals surface area (Å²) < 4.78 is 4.61. The molecular weight excluding hydrogens is 210 g/mol. The number of piperidine rings is 1. The van der Waals surface area contributed by atoms with Gasteiger partial charge in [-0.3, -0.25) is 9.59 Å². The Balaban J connectivity index is 3.14. The van der Waals surface area contributed by atoms with Crippen molar-refractivity contribution < 1.29 is 19.5 Å². The summed E-state index contributed by atoms with van der Waals surface area (Å²) in [5, 5.41) is 11.2. The monoisotopic (exact) mass is 229 g/mol. The lowest BCUT2D eigenvalue weighted by Crippen LogP contribution is -2.65. The summed E-state index contributed by atoms with van der Waals surface area (Å²) in [4.78, 5) is 23.5. The highest BCUT2D eigenvalue weighted by atomic mass is 16.5. The predicted molar refractivity (Wildman–Crippen MR) is 56.9 cm³/mol. The van der Waals surface area contributed by atoms with E-state index in [2.05, 4.69) is 4.74 Å². The van der Waals surface area contributed by atoms with Gasteiger partial charge in [0.05, 0.1) is 12.6 Å². The highest BCUT2D eigenvalue weighted by molar-refractivity contribution is 6.01. The van der Waals surface area contributed by atoms with Crippen molar-refractivity contribution in [1.29, 1.82) is 0 Å². The number of esters is 1. The molecular formula is C11H19NO4. The van der Waals surface area contributed by atoms with Crippen molar-refractivity contribution in [2.45, 2.75) is 45.2 Å². The molecule has 5 heteroatoms. The van der Waals surface area contributed by atoms with Crippen LogP contribution in [0.2, 0.25) is 0 Å². The fourth-order valence-corrected chi connectivity index (χ4v) is 2.44. The number of ether oxygens (including phenoxy) is 1. The van der Waals surface area contributed by atoms with Crippen molar-refractivity contribution in [1.82, 2.24) is 5.06 Å². The maximum atomic E-state index is 11.9. The Morgan fingerprint density at radius 3 is 2.38 bits per heavy atom. The zero-order valence-electron chi connectivity index (χ0n) is 10.4. The van der Waals surface area contributed by atoms with Crippen molar-refractivity contribution in [3.8, 4) is 0 Å². The number of hydroxylamine groups is 2. The molecule has 0 aliphatic carbocycles. The Labute approximate surface area is 95.3 Å². The third-order valence-corrected chi connectivity index (χ3v) is 3.19. The Bertz CT molecular complexity index is 322. The number of methoxy groups -OCH3 is 1. The first-order valence-electron chi connectivity index (χ1n) is 5.24. The molecule has 0 spiro atoms. The van der Waals surface area contributed by atoms with E-state index in [-0.39, 0.29) is 12.2 Å². The van der Waals surface area contributed by atoms with Crippen molar-refractivity contribution >= 4 is 11.8 Å². The smallest absolute Gasteiger partial charge is 0.318 e. The van der Waals surface area contributed by atoms with Crippen LogP contribution in [0.5, 0.6) is 0 Å². The number of hydrogen-bond donors (Lipinski definition) is 1. The summed E-state index contributed by atoms with van der Waals surface area (Å²) in [6.45, 7) is 6.85. The first-order valence-corrected chi connectivity index (χ1v) is 5.24. The SMILES string of the molecule is COC(=O)[C@H]1C(=O)CC(C)(C)N(O)C1(C)C. The van der Waals surface area contributed by atoms with Gasteiger partial charge in [-0.05, 0) is 27.7 Å². The molecule has 1 atom stereocenters. The summed E-state index contributed by atoms with van der Waals surface area (Å²) in [7, 11) is 1.24. The average Bonchev–Trinajstić information content (AvgIpc) is 2.13. The normalized spacial score (nSPS) is 28.9. The van der Waals surface area contributed by atoms with E-state index in [9.17, 15) is 14.8 Å². The molecule has 1 aliphatic heterocycles. The van der Waals surface area contributed by atoms with Gasteiger partial charge in [0, 0.05) is 12.0 Å². The van der Waals surface area contributed by atoms with Crippen molar-refractivity contribution in [3.05, 3.63) is 0 Å². The fraction of sp³-hybridized carbons (Fsp3) is 0.818. The van der Waals surface area contributed by atoms with Gasteiger partial charge in [0.1, 0.15) is 5.92 Å². The topological polar surface area (TPSA) is 66.8 Å². The molecule has 0 unspecified atom stereocenters. The summed E-state index contributed by atoms with van der Waals surface area (Å²) in [5.74, 6) is -1.72. The lowest BCUT2D eigenvalue weighted by atomic mass is 9.73. The molecule has 0 saturated carbocycles.